The van der Waals surface area contributed by atoms with E-state index in [1.165, 1.54) is 0 Å². The molecule has 12 heteroatoms. The third-order valence-electron chi connectivity index (χ3n) is 8.80. The molecule has 6 rings (SSSR count). The van der Waals surface area contributed by atoms with Gasteiger partial charge in [-0.15, -0.1) is 0 Å². The van der Waals surface area contributed by atoms with Gasteiger partial charge in [0.1, 0.15) is 23.8 Å². The minimum absolute atomic E-state index is 0.0127. The zero-order valence-corrected chi connectivity index (χ0v) is 26.1. The van der Waals surface area contributed by atoms with Crippen molar-refractivity contribution in [1.82, 2.24) is 14.5 Å². The lowest BCUT2D eigenvalue weighted by Gasteiger charge is -2.39. The topological polar surface area (TPSA) is 129 Å². The fourth-order valence-electron chi connectivity index (χ4n) is 6.45. The Labute approximate surface area is 261 Å². The van der Waals surface area contributed by atoms with Gasteiger partial charge in [-0.3, -0.25) is 5.73 Å². The standard InChI is InChI=1S/C32H40ClFN6O4/c1-4-5-27(42-10-8-20-16-44-32(35)26(41)9-11-43-29(20)32)38-30-18(2)12-22(33)31(39-30)37-24-7-6-19-13-21(14-23(34)28(19)24)25-15-40(3)17-36-25/h12-15,17,20,24,26,29,41H,4-11,16,35H2,1-3H3,(H,37,39)/b38-27+/t20-,24?,26-,29-,32-/m1/s1. The van der Waals surface area contributed by atoms with E-state index in [4.69, 9.17) is 41.5 Å². The number of hydrogen-bond acceptors (Lipinski definition) is 9. The zero-order chi connectivity index (χ0) is 31.0. The van der Waals surface area contributed by atoms with Crippen molar-refractivity contribution in [2.24, 2.45) is 23.7 Å². The largest absolute Gasteiger partial charge is 0.481 e. The Morgan fingerprint density at radius 1 is 1.34 bits per heavy atom. The second-order valence-corrected chi connectivity index (χ2v) is 12.5. The number of aromatic nitrogens is 3. The zero-order valence-electron chi connectivity index (χ0n) is 25.4. The van der Waals surface area contributed by atoms with Crippen molar-refractivity contribution in [3.63, 3.8) is 0 Å². The number of halogens is 2. The third kappa shape index (κ3) is 6.08. The van der Waals surface area contributed by atoms with Crippen molar-refractivity contribution in [2.75, 3.05) is 25.1 Å². The number of aliphatic imine (C=N–C) groups is 1. The molecule has 4 heterocycles. The van der Waals surface area contributed by atoms with Gasteiger partial charge in [0.2, 0.25) is 0 Å². The quantitative estimate of drug-likeness (QED) is 0.214. The number of aliphatic hydroxyl groups excluding tert-OH is 1. The molecule has 3 aliphatic rings. The predicted molar refractivity (Wildman–Crippen MR) is 167 cm³/mol. The number of hydrogen-bond donors (Lipinski definition) is 3. The van der Waals surface area contributed by atoms with E-state index >= 15 is 4.39 Å². The van der Waals surface area contributed by atoms with Gasteiger partial charge in [-0.1, -0.05) is 18.5 Å². The molecule has 1 aliphatic carbocycles. The van der Waals surface area contributed by atoms with Gasteiger partial charge in [0.05, 0.1) is 36.3 Å². The summed E-state index contributed by atoms with van der Waals surface area (Å²) in [7, 11) is 1.89. The number of anilines is 1. The van der Waals surface area contributed by atoms with Crippen molar-refractivity contribution in [2.45, 2.75) is 76.3 Å². The number of fused-ring (bicyclic) bond motifs is 2. The number of aryl methyl sites for hydroxylation is 3. The average Bonchev–Trinajstić information content (AvgIpc) is 3.70. The van der Waals surface area contributed by atoms with Crippen LogP contribution in [0.25, 0.3) is 11.3 Å². The van der Waals surface area contributed by atoms with Gasteiger partial charge in [-0.2, -0.15) is 4.99 Å². The molecule has 1 unspecified atom stereocenters. The highest BCUT2D eigenvalue weighted by atomic mass is 35.5. The van der Waals surface area contributed by atoms with Crippen LogP contribution in [0.15, 0.2) is 35.7 Å². The lowest BCUT2D eigenvalue weighted by atomic mass is 9.88. The molecule has 44 heavy (non-hydrogen) atoms. The first-order valence-corrected chi connectivity index (χ1v) is 15.7. The Kier molecular flexibility index (Phi) is 8.94. The van der Waals surface area contributed by atoms with E-state index in [0.29, 0.717) is 73.6 Å². The molecule has 2 fully saturated rings. The molecule has 0 amide bonds. The van der Waals surface area contributed by atoms with Crippen LogP contribution in [0.5, 0.6) is 0 Å². The maximum Gasteiger partial charge on any atom is 0.189 e. The van der Waals surface area contributed by atoms with Crippen LogP contribution in [-0.4, -0.2) is 63.3 Å². The molecule has 0 bridgehead atoms. The van der Waals surface area contributed by atoms with Crippen LogP contribution < -0.4 is 11.1 Å². The number of nitrogens with one attached hydrogen (secondary N) is 1. The van der Waals surface area contributed by atoms with E-state index < -0.39 is 11.8 Å². The summed E-state index contributed by atoms with van der Waals surface area (Å²) < 4.78 is 35.1. The summed E-state index contributed by atoms with van der Waals surface area (Å²) in [5.74, 6) is 1.25. The van der Waals surface area contributed by atoms with Gasteiger partial charge in [0.15, 0.2) is 17.4 Å². The highest BCUT2D eigenvalue weighted by Gasteiger charge is 2.54. The van der Waals surface area contributed by atoms with Gasteiger partial charge in [0.25, 0.3) is 0 Å². The van der Waals surface area contributed by atoms with Crippen LogP contribution in [0.4, 0.5) is 16.0 Å². The van der Waals surface area contributed by atoms with Crippen LogP contribution in [0.2, 0.25) is 5.02 Å². The van der Waals surface area contributed by atoms with Gasteiger partial charge in [-0.05, 0) is 61.9 Å². The fraction of sp³-hybridized carbons (Fsp3) is 0.531. The van der Waals surface area contributed by atoms with E-state index in [1.807, 2.05) is 36.9 Å². The molecule has 0 spiro atoms. The molecular formula is C32H40ClFN6O4. The second kappa shape index (κ2) is 12.7. The van der Waals surface area contributed by atoms with E-state index in [9.17, 15) is 5.11 Å². The van der Waals surface area contributed by atoms with E-state index in [0.717, 1.165) is 35.2 Å². The molecule has 10 nitrogen and oxygen atoms in total. The predicted octanol–water partition coefficient (Wildman–Crippen LogP) is 5.37. The number of nitrogens with zero attached hydrogens (tertiary/aromatic N) is 4. The van der Waals surface area contributed by atoms with Gasteiger partial charge < -0.3 is 29.2 Å². The molecule has 5 atom stereocenters. The Balaban J connectivity index is 1.16. The summed E-state index contributed by atoms with van der Waals surface area (Å²) in [6.07, 6.45) is 6.49. The number of benzene rings is 1. The minimum Gasteiger partial charge on any atom is -0.481 e. The van der Waals surface area contributed by atoms with Crippen LogP contribution in [0.3, 0.4) is 0 Å². The van der Waals surface area contributed by atoms with Crippen molar-refractivity contribution in [3.8, 4) is 11.3 Å². The molecule has 2 saturated heterocycles. The van der Waals surface area contributed by atoms with E-state index in [2.05, 4.69) is 17.2 Å². The molecule has 2 aromatic heterocycles. The van der Waals surface area contributed by atoms with Crippen LogP contribution in [-0.2, 0) is 27.7 Å². The van der Waals surface area contributed by atoms with Crippen molar-refractivity contribution < 1.29 is 23.7 Å². The lowest BCUT2D eigenvalue weighted by molar-refractivity contribution is -0.186. The summed E-state index contributed by atoms with van der Waals surface area (Å²) in [5, 5.41) is 14.2. The summed E-state index contributed by atoms with van der Waals surface area (Å²) >= 11 is 6.63. The Morgan fingerprint density at radius 3 is 2.95 bits per heavy atom. The SMILES string of the molecule is CCC/C(=N\c1nc(NC2CCc3cc(-c4cn(C)cn4)cc(F)c32)c(Cl)cc1C)OCC[C@@H]1CO[C@]2(N)[C@H](O)CCO[C@H]12. The number of nitrogens with two attached hydrogens (primary N) is 1. The first-order valence-electron chi connectivity index (χ1n) is 15.3. The fourth-order valence-corrected chi connectivity index (χ4v) is 6.71. The highest BCUT2D eigenvalue weighted by molar-refractivity contribution is 6.33. The molecule has 0 saturated carbocycles. The number of pyridine rings is 1. The van der Waals surface area contributed by atoms with Crippen LogP contribution >= 0.6 is 11.6 Å². The monoisotopic (exact) mass is 626 g/mol. The summed E-state index contributed by atoms with van der Waals surface area (Å²) in [6.45, 7) is 5.22. The van der Waals surface area contributed by atoms with Crippen molar-refractivity contribution in [3.05, 3.63) is 58.3 Å². The van der Waals surface area contributed by atoms with Crippen LogP contribution in [0.1, 0.15) is 61.8 Å². The van der Waals surface area contributed by atoms with Gasteiger partial charge >= 0.3 is 0 Å². The normalized spacial score (nSPS) is 26.5. The number of imidazole rings is 1. The highest BCUT2D eigenvalue weighted by Crippen LogP contribution is 2.40. The first-order chi connectivity index (χ1) is 21.2. The number of aliphatic hydroxyl groups is 1. The number of rotatable bonds is 9. The molecule has 3 aromatic rings. The Hall–Kier alpha value is -3.09. The minimum atomic E-state index is -1.17. The molecule has 0 radical (unpaired) electrons. The Morgan fingerprint density at radius 2 is 2.18 bits per heavy atom. The maximum absolute atomic E-state index is 15.5. The average molecular weight is 627 g/mol. The molecule has 236 valence electrons. The maximum atomic E-state index is 15.5. The summed E-state index contributed by atoms with van der Waals surface area (Å²) in [4.78, 5) is 13.9. The van der Waals surface area contributed by atoms with Crippen molar-refractivity contribution >= 4 is 29.1 Å². The number of ether oxygens (including phenoxy) is 3. The molecular weight excluding hydrogens is 587 g/mol. The van der Waals surface area contributed by atoms with Gasteiger partial charge in [-0.25, -0.2) is 14.4 Å². The lowest BCUT2D eigenvalue weighted by Crippen LogP contribution is -2.62. The van der Waals surface area contributed by atoms with E-state index in [1.54, 1.807) is 12.4 Å². The Bertz CT molecular complexity index is 1550. The molecule has 2 aliphatic heterocycles. The smallest absolute Gasteiger partial charge is 0.189 e. The third-order valence-corrected chi connectivity index (χ3v) is 9.09. The van der Waals surface area contributed by atoms with Crippen LogP contribution in [0, 0.1) is 18.7 Å². The van der Waals surface area contributed by atoms with Crippen molar-refractivity contribution in [1.29, 1.82) is 0 Å². The van der Waals surface area contributed by atoms with Gasteiger partial charge in [0, 0.05) is 49.7 Å². The van der Waals surface area contributed by atoms with E-state index in [-0.39, 0.29) is 23.9 Å². The summed E-state index contributed by atoms with van der Waals surface area (Å²) in [6, 6.07) is 5.11. The second-order valence-electron chi connectivity index (χ2n) is 12.1. The first kappa shape index (κ1) is 30.9. The molecule has 1 aromatic carbocycles. The summed E-state index contributed by atoms with van der Waals surface area (Å²) in [5.41, 5.74) is 9.07. The molecule has 4 N–H and O–H groups in total.